The molecule has 0 aromatic heterocycles. The summed E-state index contributed by atoms with van der Waals surface area (Å²) in [5.74, 6) is 0.880. The molecule has 0 unspecified atom stereocenters. The van der Waals surface area contributed by atoms with Crippen molar-refractivity contribution < 1.29 is 0 Å². The van der Waals surface area contributed by atoms with Crippen molar-refractivity contribution in [3.63, 3.8) is 0 Å². The van der Waals surface area contributed by atoms with E-state index < -0.39 is 0 Å². The smallest absolute Gasteiger partial charge is 0.00922 e. The molecule has 0 aromatic rings. The van der Waals surface area contributed by atoms with Gasteiger partial charge in [-0.25, -0.2) is 0 Å². The predicted octanol–water partition coefficient (Wildman–Crippen LogP) is 1.52. The predicted molar refractivity (Wildman–Crippen MR) is 35.5 cm³/mol. The molecular formula is C7H13N. The van der Waals surface area contributed by atoms with Crippen LogP contribution in [0.15, 0.2) is 11.8 Å². The number of hydrogen-bond acceptors (Lipinski definition) is 1. The third-order valence-corrected chi connectivity index (χ3v) is 1.62. The maximum atomic E-state index is 3.17. The number of nitrogens with one attached hydrogen (secondary N) is 1. The van der Waals surface area contributed by atoms with Gasteiger partial charge in [0, 0.05) is 12.7 Å². The molecule has 0 atom stereocenters. The highest BCUT2D eigenvalue weighted by Gasteiger charge is 2.24. The first kappa shape index (κ1) is 5.67. The van der Waals surface area contributed by atoms with Crippen LogP contribution in [0.25, 0.3) is 0 Å². The third-order valence-electron chi connectivity index (χ3n) is 1.62. The van der Waals surface area contributed by atoms with Gasteiger partial charge in [-0.15, -0.1) is 0 Å². The maximum absolute atomic E-state index is 3.17. The largest absolute Gasteiger partial charge is 0.391 e. The number of hydrogen-bond donors (Lipinski definition) is 1. The van der Waals surface area contributed by atoms with Gasteiger partial charge in [0.05, 0.1) is 0 Å². The van der Waals surface area contributed by atoms with Crippen LogP contribution < -0.4 is 5.32 Å². The summed E-state index contributed by atoms with van der Waals surface area (Å²) in [6.07, 6.45) is 4.94. The molecule has 46 valence electrons. The van der Waals surface area contributed by atoms with Crippen molar-refractivity contribution >= 4 is 0 Å². The van der Waals surface area contributed by atoms with Gasteiger partial charge in [0.25, 0.3) is 0 Å². The molecule has 1 aliphatic rings. The zero-order chi connectivity index (χ0) is 5.98. The minimum absolute atomic E-state index is 0.880. The van der Waals surface area contributed by atoms with Gasteiger partial charge in [-0.05, 0) is 25.7 Å². The molecule has 1 aliphatic carbocycles. The Morgan fingerprint density at radius 1 is 1.62 bits per heavy atom. The Morgan fingerprint density at radius 2 is 2.25 bits per heavy atom. The van der Waals surface area contributed by atoms with Crippen molar-refractivity contribution in [2.24, 2.45) is 5.92 Å². The van der Waals surface area contributed by atoms with Crippen LogP contribution in [0.5, 0.6) is 0 Å². The summed E-state index contributed by atoms with van der Waals surface area (Å²) in [5.41, 5.74) is 1.42. The van der Waals surface area contributed by atoms with Gasteiger partial charge in [-0.2, -0.15) is 0 Å². The first-order valence-corrected chi connectivity index (χ1v) is 3.22. The van der Waals surface area contributed by atoms with E-state index in [1.165, 1.54) is 18.5 Å². The second kappa shape index (κ2) is 2.21. The van der Waals surface area contributed by atoms with E-state index in [0.29, 0.717) is 0 Å². The highest BCUT2D eigenvalue weighted by Crippen LogP contribution is 2.34. The summed E-state index contributed by atoms with van der Waals surface area (Å²) >= 11 is 0. The van der Waals surface area contributed by atoms with Crippen LogP contribution in [0.2, 0.25) is 0 Å². The minimum atomic E-state index is 0.880. The van der Waals surface area contributed by atoms with Gasteiger partial charge >= 0.3 is 0 Å². The number of allylic oxidation sites excluding steroid dienone is 2. The van der Waals surface area contributed by atoms with Gasteiger partial charge in [0.1, 0.15) is 0 Å². The van der Waals surface area contributed by atoms with Crippen molar-refractivity contribution in [2.75, 3.05) is 7.05 Å². The fraction of sp³-hybridized carbons (Fsp3) is 0.714. The van der Waals surface area contributed by atoms with Crippen LogP contribution in [-0.4, -0.2) is 7.05 Å². The highest BCUT2D eigenvalue weighted by molar-refractivity contribution is 5.08. The lowest BCUT2D eigenvalue weighted by molar-refractivity contribution is 0.843. The molecule has 1 saturated carbocycles. The molecule has 1 fully saturated rings. The zero-order valence-corrected chi connectivity index (χ0v) is 5.57. The summed E-state index contributed by atoms with van der Waals surface area (Å²) in [5, 5.41) is 3.17. The van der Waals surface area contributed by atoms with Gasteiger partial charge < -0.3 is 5.32 Å². The second-order valence-corrected chi connectivity index (χ2v) is 2.27. The van der Waals surface area contributed by atoms with Crippen LogP contribution in [0.1, 0.15) is 19.8 Å². The molecule has 1 N–H and O–H groups in total. The zero-order valence-electron chi connectivity index (χ0n) is 5.57. The topological polar surface area (TPSA) is 12.0 Å². The maximum Gasteiger partial charge on any atom is 0.00922 e. The SMILES string of the molecule is C/C=C(\NC)C1CC1. The van der Waals surface area contributed by atoms with E-state index in [-0.39, 0.29) is 0 Å². The summed E-state index contributed by atoms with van der Waals surface area (Å²) in [4.78, 5) is 0. The van der Waals surface area contributed by atoms with Gasteiger partial charge in [0.2, 0.25) is 0 Å². The standard InChI is InChI=1S/C7H13N/c1-3-7(8-2)6-4-5-6/h3,6,8H,4-5H2,1-2H3/b7-3-. The summed E-state index contributed by atoms with van der Waals surface area (Å²) in [6, 6.07) is 0. The molecule has 0 saturated heterocycles. The molecule has 0 heterocycles. The Hall–Kier alpha value is -0.460. The van der Waals surface area contributed by atoms with Gasteiger partial charge in [-0.1, -0.05) is 6.08 Å². The lowest BCUT2D eigenvalue weighted by Crippen LogP contribution is -2.06. The summed E-state index contributed by atoms with van der Waals surface area (Å²) < 4.78 is 0. The van der Waals surface area contributed by atoms with Crippen molar-refractivity contribution in [1.29, 1.82) is 0 Å². The molecule has 0 radical (unpaired) electrons. The van der Waals surface area contributed by atoms with E-state index in [0.717, 1.165) is 5.92 Å². The Balaban J connectivity index is 2.37. The number of rotatable bonds is 2. The molecule has 0 bridgehead atoms. The lowest BCUT2D eigenvalue weighted by atomic mass is 10.3. The summed E-state index contributed by atoms with van der Waals surface area (Å²) in [7, 11) is 1.99. The average Bonchev–Trinajstić information content (AvgIpc) is 2.53. The van der Waals surface area contributed by atoms with Crippen molar-refractivity contribution in [1.82, 2.24) is 5.32 Å². The highest BCUT2D eigenvalue weighted by atomic mass is 14.8. The average molecular weight is 111 g/mol. The third kappa shape index (κ3) is 1.03. The molecule has 0 amide bonds. The molecule has 1 heteroatoms. The molecular weight excluding hydrogens is 98.1 g/mol. The van der Waals surface area contributed by atoms with Crippen LogP contribution >= 0.6 is 0 Å². The van der Waals surface area contributed by atoms with E-state index in [2.05, 4.69) is 18.3 Å². The molecule has 0 aromatic carbocycles. The van der Waals surface area contributed by atoms with Gasteiger partial charge in [-0.3, -0.25) is 0 Å². The normalized spacial score (nSPS) is 21.0. The summed E-state index contributed by atoms with van der Waals surface area (Å²) in [6.45, 7) is 2.09. The molecule has 0 spiro atoms. The van der Waals surface area contributed by atoms with Crippen LogP contribution in [0, 0.1) is 5.92 Å². The van der Waals surface area contributed by atoms with E-state index in [4.69, 9.17) is 0 Å². The van der Waals surface area contributed by atoms with E-state index in [1.807, 2.05) is 7.05 Å². The first-order chi connectivity index (χ1) is 3.88. The van der Waals surface area contributed by atoms with Crippen molar-refractivity contribution in [3.05, 3.63) is 11.8 Å². The quantitative estimate of drug-likeness (QED) is 0.569. The molecule has 1 rings (SSSR count). The van der Waals surface area contributed by atoms with E-state index >= 15 is 0 Å². The van der Waals surface area contributed by atoms with E-state index in [9.17, 15) is 0 Å². The van der Waals surface area contributed by atoms with E-state index in [1.54, 1.807) is 0 Å². The Labute approximate surface area is 50.8 Å². The second-order valence-electron chi connectivity index (χ2n) is 2.27. The van der Waals surface area contributed by atoms with Crippen molar-refractivity contribution in [3.8, 4) is 0 Å². The van der Waals surface area contributed by atoms with Crippen molar-refractivity contribution in [2.45, 2.75) is 19.8 Å². The Morgan fingerprint density at radius 3 is 2.38 bits per heavy atom. The minimum Gasteiger partial charge on any atom is -0.391 e. The first-order valence-electron chi connectivity index (χ1n) is 3.22. The van der Waals surface area contributed by atoms with Crippen LogP contribution in [0.4, 0.5) is 0 Å². The molecule has 0 aliphatic heterocycles. The molecule has 8 heavy (non-hydrogen) atoms. The fourth-order valence-electron chi connectivity index (χ4n) is 0.979. The van der Waals surface area contributed by atoms with Gasteiger partial charge in [0.15, 0.2) is 0 Å². The Kier molecular flexibility index (Phi) is 1.56. The Bertz CT molecular complexity index is 101. The van der Waals surface area contributed by atoms with Crippen LogP contribution in [0.3, 0.4) is 0 Å². The fourth-order valence-corrected chi connectivity index (χ4v) is 0.979. The monoisotopic (exact) mass is 111 g/mol. The molecule has 1 nitrogen and oxygen atoms in total. The lowest BCUT2D eigenvalue weighted by Gasteiger charge is -2.00. The van der Waals surface area contributed by atoms with Crippen LogP contribution in [-0.2, 0) is 0 Å².